The maximum Gasteiger partial charge on any atom is 0.162 e. The number of ketones is 1. The average molecular weight is 271 g/mol. The normalized spacial score (nSPS) is 10.7. The number of aromatic nitrogens is 1. The van der Waals surface area contributed by atoms with Crippen LogP contribution in [0.3, 0.4) is 0 Å². The summed E-state index contributed by atoms with van der Waals surface area (Å²) in [6.07, 6.45) is 1.72. The van der Waals surface area contributed by atoms with Gasteiger partial charge in [-0.15, -0.1) is 0 Å². The highest BCUT2D eigenvalue weighted by Crippen LogP contribution is 2.29. The first-order chi connectivity index (χ1) is 9.08. The summed E-state index contributed by atoms with van der Waals surface area (Å²) < 4.78 is 0. The van der Waals surface area contributed by atoms with Crippen molar-refractivity contribution in [2.75, 3.05) is 0 Å². The second kappa shape index (κ2) is 6.02. The van der Waals surface area contributed by atoms with Gasteiger partial charge in [0.2, 0.25) is 0 Å². The molecule has 0 aliphatic heterocycles. The summed E-state index contributed by atoms with van der Waals surface area (Å²) in [7, 11) is 0. The van der Waals surface area contributed by atoms with Crippen molar-refractivity contribution in [2.45, 2.75) is 36.6 Å². The Morgan fingerprint density at radius 2 is 1.84 bits per heavy atom. The maximum absolute atomic E-state index is 11.5. The molecule has 1 aromatic heterocycles. The lowest BCUT2D eigenvalue weighted by Gasteiger charge is -2.08. The number of pyridine rings is 1. The number of Topliss-reactive ketones (excluding diaryl/α,β-unsaturated/α-hetero) is 1. The third kappa shape index (κ3) is 3.44. The molecule has 0 spiro atoms. The molecule has 0 atom stereocenters. The summed E-state index contributed by atoms with van der Waals surface area (Å²) in [5, 5.41) is 0.771. The minimum absolute atomic E-state index is 0.0504. The number of hydrogen-bond donors (Lipinski definition) is 0. The Kier molecular flexibility index (Phi) is 4.38. The highest BCUT2D eigenvalue weighted by atomic mass is 32.2. The summed E-state index contributed by atoms with van der Waals surface area (Å²) in [4.78, 5) is 16.9. The standard InChI is InChI=1S/C16H17NOS/c1-11(2)13-6-8-14(9-7-13)19-16-15(12(3)18)5-4-10-17-16/h4-11H,1-3H3. The van der Waals surface area contributed by atoms with Gasteiger partial charge in [-0.05, 0) is 42.7 Å². The number of nitrogens with zero attached hydrogens (tertiary/aromatic N) is 1. The summed E-state index contributed by atoms with van der Waals surface area (Å²) in [6.45, 7) is 5.92. The van der Waals surface area contributed by atoms with Gasteiger partial charge in [0.25, 0.3) is 0 Å². The van der Waals surface area contributed by atoms with E-state index in [9.17, 15) is 4.79 Å². The van der Waals surface area contributed by atoms with E-state index in [1.165, 1.54) is 17.3 Å². The van der Waals surface area contributed by atoms with Crippen LogP contribution in [0.15, 0.2) is 52.5 Å². The number of carbonyl (C=O) groups excluding carboxylic acids is 1. The van der Waals surface area contributed by atoms with Crippen molar-refractivity contribution in [3.63, 3.8) is 0 Å². The van der Waals surface area contributed by atoms with Crippen molar-refractivity contribution in [3.8, 4) is 0 Å². The Labute approximate surface area is 118 Å². The molecule has 1 heterocycles. The first-order valence-corrected chi connectivity index (χ1v) is 7.13. The summed E-state index contributed by atoms with van der Waals surface area (Å²) >= 11 is 1.53. The lowest BCUT2D eigenvalue weighted by molar-refractivity contribution is 0.101. The van der Waals surface area contributed by atoms with E-state index in [-0.39, 0.29) is 5.78 Å². The third-order valence-electron chi connectivity index (χ3n) is 2.91. The summed E-state index contributed by atoms with van der Waals surface area (Å²) in [5.74, 6) is 0.580. The molecule has 0 N–H and O–H groups in total. The predicted molar refractivity (Wildman–Crippen MR) is 78.9 cm³/mol. The van der Waals surface area contributed by atoms with E-state index < -0.39 is 0 Å². The first kappa shape index (κ1) is 13.8. The topological polar surface area (TPSA) is 30.0 Å². The molecule has 19 heavy (non-hydrogen) atoms. The van der Waals surface area contributed by atoms with Crippen LogP contribution in [0.4, 0.5) is 0 Å². The van der Waals surface area contributed by atoms with Gasteiger partial charge >= 0.3 is 0 Å². The van der Waals surface area contributed by atoms with Gasteiger partial charge in [0.15, 0.2) is 5.78 Å². The van der Waals surface area contributed by atoms with Gasteiger partial charge in [-0.2, -0.15) is 0 Å². The van der Waals surface area contributed by atoms with Crippen LogP contribution in [-0.4, -0.2) is 10.8 Å². The molecule has 0 aliphatic rings. The van der Waals surface area contributed by atoms with Crippen LogP contribution in [0.1, 0.15) is 42.6 Å². The Morgan fingerprint density at radius 3 is 2.42 bits per heavy atom. The zero-order valence-corrected chi connectivity index (χ0v) is 12.2. The van der Waals surface area contributed by atoms with Crippen LogP contribution >= 0.6 is 11.8 Å². The van der Waals surface area contributed by atoms with Gasteiger partial charge in [-0.3, -0.25) is 4.79 Å². The van der Waals surface area contributed by atoms with Crippen LogP contribution in [0, 0.1) is 0 Å². The molecule has 2 rings (SSSR count). The Hall–Kier alpha value is -1.61. The van der Waals surface area contributed by atoms with E-state index in [2.05, 4.69) is 43.1 Å². The van der Waals surface area contributed by atoms with Crippen LogP contribution in [0.25, 0.3) is 0 Å². The van der Waals surface area contributed by atoms with E-state index in [4.69, 9.17) is 0 Å². The minimum atomic E-state index is 0.0504. The number of carbonyl (C=O) groups is 1. The Balaban J connectivity index is 2.24. The van der Waals surface area contributed by atoms with Gasteiger partial charge in [-0.1, -0.05) is 37.7 Å². The third-order valence-corrected chi connectivity index (χ3v) is 3.94. The molecule has 98 valence electrons. The number of hydrogen-bond acceptors (Lipinski definition) is 3. The van der Waals surface area contributed by atoms with E-state index in [0.717, 1.165) is 9.92 Å². The van der Waals surface area contributed by atoms with Crippen LogP contribution < -0.4 is 0 Å². The number of benzene rings is 1. The van der Waals surface area contributed by atoms with Gasteiger partial charge in [0, 0.05) is 16.7 Å². The van der Waals surface area contributed by atoms with Crippen molar-refractivity contribution < 1.29 is 4.79 Å². The molecule has 0 amide bonds. The van der Waals surface area contributed by atoms with Crippen molar-refractivity contribution in [1.29, 1.82) is 0 Å². The summed E-state index contributed by atoms with van der Waals surface area (Å²) in [6, 6.07) is 12.0. The quantitative estimate of drug-likeness (QED) is 0.764. The van der Waals surface area contributed by atoms with Gasteiger partial charge in [0.1, 0.15) is 5.03 Å². The van der Waals surface area contributed by atoms with Gasteiger partial charge < -0.3 is 0 Å². The van der Waals surface area contributed by atoms with Crippen molar-refractivity contribution >= 4 is 17.5 Å². The first-order valence-electron chi connectivity index (χ1n) is 6.31. The highest BCUT2D eigenvalue weighted by molar-refractivity contribution is 7.99. The monoisotopic (exact) mass is 271 g/mol. The average Bonchev–Trinajstić information content (AvgIpc) is 2.39. The van der Waals surface area contributed by atoms with Crippen LogP contribution in [-0.2, 0) is 0 Å². The molecule has 1 aromatic carbocycles. The fraction of sp³-hybridized carbons (Fsp3) is 0.250. The van der Waals surface area contributed by atoms with Crippen LogP contribution in [0.5, 0.6) is 0 Å². The molecule has 0 radical (unpaired) electrons. The minimum Gasteiger partial charge on any atom is -0.294 e. The second-order valence-electron chi connectivity index (χ2n) is 4.74. The lowest BCUT2D eigenvalue weighted by atomic mass is 10.0. The fourth-order valence-electron chi connectivity index (χ4n) is 1.77. The lowest BCUT2D eigenvalue weighted by Crippen LogP contribution is -1.96. The molecule has 0 fully saturated rings. The van der Waals surface area contributed by atoms with E-state index >= 15 is 0 Å². The molecular formula is C16H17NOS. The van der Waals surface area contributed by atoms with Crippen molar-refractivity contribution in [1.82, 2.24) is 4.98 Å². The fourth-order valence-corrected chi connectivity index (χ4v) is 2.70. The molecule has 0 aliphatic carbocycles. The van der Waals surface area contributed by atoms with E-state index in [1.807, 2.05) is 6.07 Å². The SMILES string of the molecule is CC(=O)c1cccnc1Sc1ccc(C(C)C)cc1. The van der Waals surface area contributed by atoms with E-state index in [1.54, 1.807) is 19.2 Å². The predicted octanol–water partition coefficient (Wildman–Crippen LogP) is 4.56. The largest absolute Gasteiger partial charge is 0.294 e. The Morgan fingerprint density at radius 1 is 1.16 bits per heavy atom. The van der Waals surface area contributed by atoms with E-state index in [0.29, 0.717) is 11.5 Å². The maximum atomic E-state index is 11.5. The Bertz CT molecular complexity index is 576. The number of rotatable bonds is 4. The smallest absolute Gasteiger partial charge is 0.162 e. The molecule has 2 aromatic rings. The summed E-state index contributed by atoms with van der Waals surface area (Å²) in [5.41, 5.74) is 2.00. The molecule has 0 saturated heterocycles. The molecule has 0 bridgehead atoms. The zero-order valence-electron chi connectivity index (χ0n) is 11.4. The second-order valence-corrected chi connectivity index (χ2v) is 5.80. The van der Waals surface area contributed by atoms with Crippen LogP contribution in [0.2, 0.25) is 0 Å². The van der Waals surface area contributed by atoms with Crippen molar-refractivity contribution in [2.24, 2.45) is 0 Å². The molecule has 2 nitrogen and oxygen atoms in total. The molecule has 0 saturated carbocycles. The zero-order chi connectivity index (χ0) is 13.8. The highest BCUT2D eigenvalue weighted by Gasteiger charge is 2.09. The molecular weight excluding hydrogens is 254 g/mol. The van der Waals surface area contributed by atoms with Crippen molar-refractivity contribution in [3.05, 3.63) is 53.7 Å². The van der Waals surface area contributed by atoms with Gasteiger partial charge in [-0.25, -0.2) is 4.98 Å². The molecule has 3 heteroatoms. The molecule has 0 unspecified atom stereocenters. The van der Waals surface area contributed by atoms with Gasteiger partial charge in [0.05, 0.1) is 0 Å².